The van der Waals surface area contributed by atoms with Gasteiger partial charge in [-0.3, -0.25) is 10.1 Å². The zero-order chi connectivity index (χ0) is 12.2. The average Bonchev–Trinajstić information content (AvgIpc) is 2.27. The Bertz CT molecular complexity index is 444. The highest BCUT2D eigenvalue weighted by Gasteiger charge is 2.37. The topological polar surface area (TPSA) is 107 Å². The lowest BCUT2D eigenvalue weighted by atomic mass is 10.2. The monoisotopic (exact) mass is 243 g/mol. The predicted molar refractivity (Wildman–Crippen MR) is 56.4 cm³/mol. The summed E-state index contributed by atoms with van der Waals surface area (Å²) in [4.78, 5) is 21.5. The summed E-state index contributed by atoms with van der Waals surface area (Å²) < 4.78 is 15.7. The van der Waals surface area contributed by atoms with Crippen molar-refractivity contribution in [2.24, 2.45) is 5.50 Å². The van der Waals surface area contributed by atoms with E-state index in [0.29, 0.717) is 5.56 Å². The van der Waals surface area contributed by atoms with Crippen molar-refractivity contribution in [2.75, 3.05) is 0 Å². The molecule has 16 heavy (non-hydrogen) atoms. The molecule has 3 N–H and O–H groups in total. The highest BCUT2D eigenvalue weighted by Crippen LogP contribution is 2.39. The Labute approximate surface area is 91.4 Å². The minimum absolute atomic E-state index is 0.159. The smallest absolute Gasteiger partial charge is 0.390 e. The number of nitrogens with two attached hydrogens (primary N) is 1. The fourth-order valence-electron chi connectivity index (χ4n) is 0.893. The van der Waals surface area contributed by atoms with Gasteiger partial charge in [0.2, 0.25) is 0 Å². The summed E-state index contributed by atoms with van der Waals surface area (Å²) in [5.74, 6) is 0. The van der Waals surface area contributed by atoms with Gasteiger partial charge in [0.15, 0.2) is 0 Å². The summed E-state index contributed by atoms with van der Waals surface area (Å²) in [6.07, 6.45) is 0. The summed E-state index contributed by atoms with van der Waals surface area (Å²) in [7, 11) is -4.44. The lowest BCUT2D eigenvalue weighted by molar-refractivity contribution is 0.164. The molecule has 1 aromatic rings. The van der Waals surface area contributed by atoms with Crippen LogP contribution >= 0.6 is 7.29 Å². The highest BCUT2D eigenvalue weighted by molar-refractivity contribution is 7.91. The summed E-state index contributed by atoms with van der Waals surface area (Å²) in [6.45, 7) is -0.159. The van der Waals surface area contributed by atoms with Gasteiger partial charge in [0.25, 0.3) is 0 Å². The zero-order valence-electron chi connectivity index (χ0n) is 8.20. The number of rotatable bonds is 4. The molecule has 1 atom stereocenters. The van der Waals surface area contributed by atoms with Gasteiger partial charge in [-0.15, -0.1) is 0 Å². The molecule has 0 heterocycles. The summed E-state index contributed by atoms with van der Waals surface area (Å²) >= 11 is 0. The predicted octanol–water partition coefficient (Wildman–Crippen LogP) is 2.24. The molecule has 86 valence electrons. The normalized spacial score (nSPS) is 13.8. The van der Waals surface area contributed by atoms with Crippen molar-refractivity contribution in [2.45, 2.75) is 6.61 Å². The number of carboxylic acid groups (broad SMARTS) is 1. The van der Waals surface area contributed by atoms with Crippen molar-refractivity contribution >= 4 is 18.7 Å². The van der Waals surface area contributed by atoms with Crippen LogP contribution in [0.25, 0.3) is 0 Å². The molecule has 0 radical (unpaired) electrons. The van der Waals surface area contributed by atoms with Gasteiger partial charge in [0, 0.05) is 0 Å². The van der Waals surface area contributed by atoms with Gasteiger partial charge in [-0.25, -0.2) is 9.59 Å². The molecular weight excluding hydrogens is 233 g/mol. The van der Waals surface area contributed by atoms with Crippen LogP contribution in [0.3, 0.4) is 0 Å². The third kappa shape index (κ3) is 2.92. The van der Waals surface area contributed by atoms with Crippen molar-refractivity contribution in [3.05, 3.63) is 35.9 Å². The van der Waals surface area contributed by atoms with E-state index in [9.17, 15) is 14.2 Å². The van der Waals surface area contributed by atoms with Gasteiger partial charge in [0.1, 0.15) is 6.61 Å². The third-order valence-electron chi connectivity index (χ3n) is 1.76. The molecule has 0 aliphatic rings. The number of ether oxygens (including phenoxy) is 1. The Morgan fingerprint density at radius 2 is 1.88 bits per heavy atom. The molecule has 0 fully saturated rings. The van der Waals surface area contributed by atoms with Crippen molar-refractivity contribution in [1.29, 1.82) is 0 Å². The molecule has 0 bridgehead atoms. The molecule has 0 saturated heterocycles. The van der Waals surface area contributed by atoms with Crippen molar-refractivity contribution in [3.8, 4) is 0 Å². The van der Waals surface area contributed by atoms with Crippen LogP contribution in [0.4, 0.5) is 9.59 Å². The van der Waals surface area contributed by atoms with Crippen LogP contribution in [0.15, 0.2) is 30.3 Å². The fraction of sp³-hybridized carbons (Fsp3) is 0.111. The molecular formula is C9H10NO5P. The number of hydrogen-bond donors (Lipinski definition) is 2. The van der Waals surface area contributed by atoms with Gasteiger partial charge in [-0.05, 0) is 5.56 Å². The second-order valence-corrected chi connectivity index (χ2v) is 5.04. The van der Waals surface area contributed by atoms with E-state index >= 15 is 0 Å². The third-order valence-corrected chi connectivity index (χ3v) is 3.00. The maximum atomic E-state index is 11.1. The largest absolute Gasteiger partial charge is 0.474 e. The van der Waals surface area contributed by atoms with E-state index in [-0.39, 0.29) is 6.61 Å². The van der Waals surface area contributed by atoms with Gasteiger partial charge in [-0.1, -0.05) is 30.3 Å². The summed E-state index contributed by atoms with van der Waals surface area (Å²) in [5.41, 5.74) is 2.25. The van der Waals surface area contributed by atoms with Crippen LogP contribution in [-0.2, 0) is 15.9 Å². The Balaban J connectivity index is 2.61. The van der Waals surface area contributed by atoms with Crippen LogP contribution in [0.5, 0.6) is 0 Å². The maximum Gasteiger partial charge on any atom is 0.390 e. The van der Waals surface area contributed by atoms with Crippen LogP contribution in [0.2, 0.25) is 0 Å². The Kier molecular flexibility index (Phi) is 3.82. The van der Waals surface area contributed by atoms with Crippen molar-refractivity contribution in [1.82, 2.24) is 0 Å². The molecule has 7 heteroatoms. The first-order chi connectivity index (χ1) is 7.44. The van der Waals surface area contributed by atoms with E-state index in [2.05, 4.69) is 4.74 Å². The lowest BCUT2D eigenvalue weighted by Gasteiger charge is -2.07. The second kappa shape index (κ2) is 4.92. The average molecular weight is 243 g/mol. The van der Waals surface area contributed by atoms with Crippen LogP contribution < -0.4 is 5.50 Å². The molecule has 0 aliphatic carbocycles. The maximum absolute atomic E-state index is 11.1. The zero-order valence-corrected chi connectivity index (χ0v) is 9.09. The minimum Gasteiger partial charge on any atom is -0.474 e. The molecule has 0 spiro atoms. The number of hydrogen-bond acceptors (Lipinski definition) is 4. The Hall–Kier alpha value is -1.65. The second-order valence-electron chi connectivity index (χ2n) is 2.98. The summed E-state index contributed by atoms with van der Waals surface area (Å²) in [5, 5.41) is 8.42. The van der Waals surface area contributed by atoms with Gasteiger partial charge >= 0.3 is 18.7 Å². The molecule has 0 aliphatic heterocycles. The van der Waals surface area contributed by atoms with Crippen LogP contribution in [0, 0.1) is 0 Å². The van der Waals surface area contributed by atoms with Crippen molar-refractivity contribution < 1.29 is 24.0 Å². The lowest BCUT2D eigenvalue weighted by Crippen LogP contribution is -2.15. The van der Waals surface area contributed by atoms with Gasteiger partial charge in [0.05, 0.1) is 0 Å². The number of benzene rings is 1. The number of carbonyl (C=O) groups is 2. The SMILES string of the molecule is N[P@](=O)(C(=O)O)C(=O)OCc1ccccc1. The first-order valence-corrected chi connectivity index (χ1v) is 6.05. The quantitative estimate of drug-likeness (QED) is 0.785. The van der Waals surface area contributed by atoms with E-state index in [0.717, 1.165) is 0 Å². The molecule has 0 saturated carbocycles. The first-order valence-electron chi connectivity index (χ1n) is 4.28. The van der Waals surface area contributed by atoms with E-state index in [1.54, 1.807) is 30.3 Å². The van der Waals surface area contributed by atoms with E-state index < -0.39 is 18.7 Å². The number of carbonyl (C=O) groups excluding carboxylic acids is 1. The fourth-order valence-corrected chi connectivity index (χ4v) is 1.31. The molecule has 1 aromatic carbocycles. The van der Waals surface area contributed by atoms with E-state index in [1.807, 2.05) is 0 Å². The van der Waals surface area contributed by atoms with Gasteiger partial charge in [-0.2, -0.15) is 0 Å². The van der Waals surface area contributed by atoms with Gasteiger partial charge < -0.3 is 9.84 Å². The molecule has 6 nitrogen and oxygen atoms in total. The molecule has 0 amide bonds. The van der Waals surface area contributed by atoms with Crippen molar-refractivity contribution in [3.63, 3.8) is 0 Å². The molecule has 1 rings (SSSR count). The summed E-state index contributed by atoms with van der Waals surface area (Å²) in [6, 6.07) is 8.58. The standard InChI is InChI=1S/C9H10NO5P/c10-16(14,8(11)12)9(13)15-6-7-4-2-1-3-5-7/h1-5H,6H2,(H2,10,14)(H,11,12)/t16-/m0/s1. The molecule has 0 aromatic heterocycles. The van der Waals surface area contributed by atoms with Crippen LogP contribution in [-0.4, -0.2) is 16.5 Å². The Morgan fingerprint density at radius 1 is 1.31 bits per heavy atom. The highest BCUT2D eigenvalue weighted by atomic mass is 31.2. The van der Waals surface area contributed by atoms with E-state index in [4.69, 9.17) is 10.6 Å². The minimum atomic E-state index is -4.44. The van der Waals surface area contributed by atoms with E-state index in [1.165, 1.54) is 0 Å². The Morgan fingerprint density at radius 3 is 2.38 bits per heavy atom. The first kappa shape index (κ1) is 12.4. The molecule has 0 unspecified atom stereocenters. The van der Waals surface area contributed by atoms with Crippen LogP contribution in [0.1, 0.15) is 5.56 Å².